The number of fused-ring (bicyclic) bond motifs is 1. The van der Waals surface area contributed by atoms with Crippen LogP contribution in [-0.4, -0.2) is 16.5 Å². The second-order valence-electron chi connectivity index (χ2n) is 4.93. The van der Waals surface area contributed by atoms with Gasteiger partial charge in [-0.3, -0.25) is 9.20 Å². The van der Waals surface area contributed by atoms with E-state index in [1.54, 1.807) is 35.5 Å². The minimum absolute atomic E-state index is 0.0426. The molecule has 0 radical (unpaired) electrons. The van der Waals surface area contributed by atoms with Crippen molar-refractivity contribution in [2.45, 2.75) is 17.6 Å². The average Bonchev–Trinajstić information content (AvgIpc) is 2.54. The Kier molecular flexibility index (Phi) is 4.15. The predicted octanol–water partition coefficient (Wildman–Crippen LogP) is 3.30. The van der Waals surface area contributed by atoms with Crippen molar-refractivity contribution in [2.24, 2.45) is 0 Å². The summed E-state index contributed by atoms with van der Waals surface area (Å²) in [6, 6.07) is 13.3. The molecular formula is C17H16N2O2S. The first-order valence-corrected chi connectivity index (χ1v) is 7.91. The molecule has 0 amide bonds. The van der Waals surface area contributed by atoms with Crippen molar-refractivity contribution in [1.82, 2.24) is 9.38 Å². The Balaban J connectivity index is 1.84. The molecule has 5 heteroatoms. The third-order valence-electron chi connectivity index (χ3n) is 3.39. The highest BCUT2D eigenvalue weighted by molar-refractivity contribution is 7.98. The first-order chi connectivity index (χ1) is 10.7. The second-order valence-corrected chi connectivity index (χ2v) is 5.98. The van der Waals surface area contributed by atoms with Gasteiger partial charge >= 0.3 is 0 Å². The van der Waals surface area contributed by atoms with E-state index in [-0.39, 0.29) is 5.56 Å². The molecule has 1 aromatic carbocycles. The molecule has 3 rings (SSSR count). The summed E-state index contributed by atoms with van der Waals surface area (Å²) in [5, 5.41) is 0. The second kappa shape index (κ2) is 6.23. The quantitative estimate of drug-likeness (QED) is 0.693. The molecule has 0 fully saturated rings. The van der Waals surface area contributed by atoms with Gasteiger partial charge in [-0.05, 0) is 42.8 Å². The normalized spacial score (nSPS) is 10.8. The van der Waals surface area contributed by atoms with Crippen LogP contribution in [0.25, 0.3) is 5.65 Å². The van der Waals surface area contributed by atoms with E-state index in [4.69, 9.17) is 4.74 Å². The Bertz CT molecular complexity index is 857. The Hall–Kier alpha value is -2.27. The lowest BCUT2D eigenvalue weighted by Gasteiger charge is -2.06. The molecule has 22 heavy (non-hydrogen) atoms. The molecule has 0 aliphatic carbocycles. The topological polar surface area (TPSA) is 43.6 Å². The Morgan fingerprint density at radius 2 is 2.00 bits per heavy atom. The number of ether oxygens (including phenoxy) is 1. The van der Waals surface area contributed by atoms with E-state index in [1.165, 1.54) is 0 Å². The molecule has 112 valence electrons. The summed E-state index contributed by atoms with van der Waals surface area (Å²) >= 11 is 1.65. The number of pyridine rings is 1. The zero-order chi connectivity index (χ0) is 15.5. The van der Waals surface area contributed by atoms with Gasteiger partial charge < -0.3 is 4.74 Å². The fraction of sp³-hybridized carbons (Fsp3) is 0.176. The molecule has 4 nitrogen and oxygen atoms in total. The summed E-state index contributed by atoms with van der Waals surface area (Å²) in [5.74, 6) is 1.49. The molecule has 2 heterocycles. The maximum atomic E-state index is 12.1. The van der Waals surface area contributed by atoms with Crippen LogP contribution in [0.1, 0.15) is 11.3 Å². The number of nitrogens with zero attached hydrogens (tertiary/aromatic N) is 2. The minimum Gasteiger partial charge on any atom is -0.497 e. The molecule has 0 saturated carbocycles. The van der Waals surface area contributed by atoms with Crippen LogP contribution in [0.4, 0.5) is 0 Å². The summed E-state index contributed by atoms with van der Waals surface area (Å²) in [4.78, 5) is 17.9. The number of rotatable bonds is 4. The predicted molar refractivity (Wildman–Crippen MR) is 88.8 cm³/mol. The zero-order valence-corrected chi connectivity index (χ0v) is 13.3. The van der Waals surface area contributed by atoms with Gasteiger partial charge in [0.05, 0.1) is 12.8 Å². The van der Waals surface area contributed by atoms with Gasteiger partial charge in [0.2, 0.25) is 0 Å². The molecule has 2 aromatic heterocycles. The SMILES string of the molecule is COc1ccc(SCc2cc(=O)n3cccc(C)c3n2)cc1. The highest BCUT2D eigenvalue weighted by Crippen LogP contribution is 2.24. The van der Waals surface area contributed by atoms with Crippen LogP contribution in [0.3, 0.4) is 0 Å². The van der Waals surface area contributed by atoms with Gasteiger partial charge in [-0.25, -0.2) is 4.98 Å². The van der Waals surface area contributed by atoms with Crippen LogP contribution in [0.15, 0.2) is 58.4 Å². The zero-order valence-electron chi connectivity index (χ0n) is 12.4. The van der Waals surface area contributed by atoms with Crippen molar-refractivity contribution in [1.29, 1.82) is 0 Å². The monoisotopic (exact) mass is 312 g/mol. The summed E-state index contributed by atoms with van der Waals surface area (Å²) in [5.41, 5.74) is 2.47. The lowest BCUT2D eigenvalue weighted by atomic mass is 10.3. The fourth-order valence-corrected chi connectivity index (χ4v) is 3.00. The van der Waals surface area contributed by atoms with Gasteiger partial charge in [-0.15, -0.1) is 11.8 Å². The number of hydrogen-bond acceptors (Lipinski definition) is 4. The maximum absolute atomic E-state index is 12.1. The number of aryl methyl sites for hydroxylation is 1. The number of hydrogen-bond donors (Lipinski definition) is 0. The molecule has 3 aromatic rings. The first kappa shape index (κ1) is 14.7. The van der Waals surface area contributed by atoms with E-state index in [0.717, 1.165) is 27.5 Å². The van der Waals surface area contributed by atoms with Gasteiger partial charge in [-0.1, -0.05) is 6.07 Å². The number of thioether (sulfide) groups is 1. The van der Waals surface area contributed by atoms with Crippen molar-refractivity contribution >= 4 is 17.4 Å². The maximum Gasteiger partial charge on any atom is 0.258 e. The van der Waals surface area contributed by atoms with Gasteiger partial charge in [0, 0.05) is 22.9 Å². The fourth-order valence-electron chi connectivity index (χ4n) is 2.21. The molecule has 0 spiro atoms. The van der Waals surface area contributed by atoms with Crippen molar-refractivity contribution in [3.63, 3.8) is 0 Å². The summed E-state index contributed by atoms with van der Waals surface area (Å²) in [7, 11) is 1.65. The third kappa shape index (κ3) is 2.99. The molecular weight excluding hydrogens is 296 g/mol. The van der Waals surface area contributed by atoms with E-state index in [2.05, 4.69) is 4.98 Å². The molecule has 0 saturated heterocycles. The average molecular weight is 312 g/mol. The standard InChI is InChI=1S/C17H16N2O2S/c1-12-4-3-9-19-16(20)10-13(18-17(12)19)11-22-15-7-5-14(21-2)6-8-15/h3-10H,11H2,1-2H3. The highest BCUT2D eigenvalue weighted by Gasteiger charge is 2.05. The number of methoxy groups -OCH3 is 1. The van der Waals surface area contributed by atoms with E-state index in [9.17, 15) is 4.79 Å². The van der Waals surface area contributed by atoms with Crippen LogP contribution >= 0.6 is 11.8 Å². The molecule has 0 bridgehead atoms. The summed E-state index contributed by atoms with van der Waals surface area (Å²) in [6.07, 6.45) is 1.75. The van der Waals surface area contributed by atoms with E-state index in [1.807, 2.05) is 43.3 Å². The molecule has 0 atom stereocenters. The molecule has 0 N–H and O–H groups in total. The van der Waals surface area contributed by atoms with E-state index < -0.39 is 0 Å². The Labute approximate surface area is 132 Å². The van der Waals surface area contributed by atoms with Gasteiger partial charge in [-0.2, -0.15) is 0 Å². The van der Waals surface area contributed by atoms with Gasteiger partial charge in [0.1, 0.15) is 11.4 Å². The highest BCUT2D eigenvalue weighted by atomic mass is 32.2. The first-order valence-electron chi connectivity index (χ1n) is 6.92. The lowest BCUT2D eigenvalue weighted by Crippen LogP contribution is -2.15. The van der Waals surface area contributed by atoms with Gasteiger partial charge in [0.25, 0.3) is 5.56 Å². The smallest absolute Gasteiger partial charge is 0.258 e. The minimum atomic E-state index is -0.0426. The van der Waals surface area contributed by atoms with Crippen LogP contribution in [-0.2, 0) is 5.75 Å². The van der Waals surface area contributed by atoms with E-state index in [0.29, 0.717) is 5.75 Å². The molecule has 0 aliphatic heterocycles. The van der Waals surface area contributed by atoms with Crippen molar-refractivity contribution in [2.75, 3.05) is 7.11 Å². The summed E-state index contributed by atoms with van der Waals surface area (Å²) in [6.45, 7) is 1.96. The largest absolute Gasteiger partial charge is 0.497 e. The van der Waals surface area contributed by atoms with Crippen molar-refractivity contribution < 1.29 is 4.74 Å². The summed E-state index contributed by atoms with van der Waals surface area (Å²) < 4.78 is 6.72. The number of benzene rings is 1. The van der Waals surface area contributed by atoms with Crippen molar-refractivity contribution in [3.05, 3.63) is 70.3 Å². The van der Waals surface area contributed by atoms with Crippen molar-refractivity contribution in [3.8, 4) is 5.75 Å². The van der Waals surface area contributed by atoms with Crippen LogP contribution in [0.5, 0.6) is 5.75 Å². The third-order valence-corrected chi connectivity index (χ3v) is 4.43. The Morgan fingerprint density at radius 3 is 2.73 bits per heavy atom. The Morgan fingerprint density at radius 1 is 1.23 bits per heavy atom. The van der Waals surface area contributed by atoms with Crippen LogP contribution < -0.4 is 10.3 Å². The van der Waals surface area contributed by atoms with E-state index >= 15 is 0 Å². The lowest BCUT2D eigenvalue weighted by molar-refractivity contribution is 0.414. The molecule has 0 unspecified atom stereocenters. The van der Waals surface area contributed by atoms with Crippen LogP contribution in [0, 0.1) is 6.92 Å². The number of aromatic nitrogens is 2. The molecule has 0 aliphatic rings. The van der Waals surface area contributed by atoms with Gasteiger partial charge in [0.15, 0.2) is 0 Å². The van der Waals surface area contributed by atoms with Crippen LogP contribution in [0.2, 0.25) is 0 Å².